The van der Waals surface area contributed by atoms with Crippen LogP contribution in [0, 0.1) is 0 Å². The van der Waals surface area contributed by atoms with Gasteiger partial charge in [0.15, 0.2) is 0 Å². The van der Waals surface area contributed by atoms with E-state index in [-0.39, 0.29) is 11.7 Å². The smallest absolute Gasteiger partial charge is 0.439 e. The zero-order chi connectivity index (χ0) is 23.6. The van der Waals surface area contributed by atoms with Crippen molar-refractivity contribution in [3.8, 4) is 17.4 Å². The van der Waals surface area contributed by atoms with Crippen LogP contribution in [0.25, 0.3) is 0 Å². The van der Waals surface area contributed by atoms with E-state index < -0.39 is 6.36 Å². The Morgan fingerprint density at radius 2 is 1.73 bits per heavy atom. The lowest BCUT2D eigenvalue weighted by Crippen LogP contribution is -2.21. The fourth-order valence-electron chi connectivity index (χ4n) is 3.67. The molecule has 2 aromatic carbocycles. The number of aliphatic imine (C=N–C) groups is 1. The Morgan fingerprint density at radius 3 is 2.36 bits per heavy atom. The lowest BCUT2D eigenvalue weighted by molar-refractivity contribution is -0.274. The minimum atomic E-state index is -4.72. The van der Waals surface area contributed by atoms with Crippen molar-refractivity contribution in [2.45, 2.75) is 32.0 Å². The maximum atomic E-state index is 12.3. The van der Waals surface area contributed by atoms with Gasteiger partial charge in [0.2, 0.25) is 5.88 Å². The van der Waals surface area contributed by atoms with Crippen molar-refractivity contribution in [2.24, 2.45) is 4.99 Å². The average molecular weight is 455 g/mol. The lowest BCUT2D eigenvalue weighted by atomic mass is 9.93. The number of rotatable bonds is 6. The van der Waals surface area contributed by atoms with E-state index in [0.717, 1.165) is 29.9 Å². The largest absolute Gasteiger partial charge is 0.573 e. The molecule has 4 rings (SSSR count). The fourth-order valence-corrected chi connectivity index (χ4v) is 3.67. The van der Waals surface area contributed by atoms with Crippen molar-refractivity contribution in [3.63, 3.8) is 0 Å². The van der Waals surface area contributed by atoms with Crippen LogP contribution in [-0.2, 0) is 12.8 Å². The van der Waals surface area contributed by atoms with Crippen LogP contribution < -0.4 is 9.47 Å². The van der Waals surface area contributed by atoms with Gasteiger partial charge in [-0.05, 0) is 59.4 Å². The monoisotopic (exact) mass is 455 g/mol. The quantitative estimate of drug-likeness (QED) is 0.440. The second-order valence-corrected chi connectivity index (χ2v) is 8.22. The Labute approximate surface area is 190 Å². The topological polar surface area (TPSA) is 47.0 Å². The summed E-state index contributed by atoms with van der Waals surface area (Å²) in [4.78, 5) is 11.0. The molecule has 1 unspecified atom stereocenters. The highest BCUT2D eigenvalue weighted by atomic mass is 19.4. The van der Waals surface area contributed by atoms with Gasteiger partial charge in [-0.15, -0.1) is 13.2 Å². The molecule has 0 aliphatic carbocycles. The molecule has 0 saturated carbocycles. The molecule has 0 bridgehead atoms. The second-order valence-electron chi connectivity index (χ2n) is 8.22. The molecule has 2 heterocycles. The molecule has 33 heavy (non-hydrogen) atoms. The number of amidine groups is 1. The molecule has 1 atom stereocenters. The minimum Gasteiger partial charge on any atom is -0.439 e. The number of likely N-dealkylation sites (N-methyl/N-ethyl adjacent to an activating group) is 1. The molecular weight excluding hydrogens is 431 g/mol. The van der Waals surface area contributed by atoms with Crippen LogP contribution in [0.5, 0.6) is 17.4 Å². The molecule has 172 valence electrons. The van der Waals surface area contributed by atoms with E-state index in [1.165, 1.54) is 35.4 Å². The van der Waals surface area contributed by atoms with Gasteiger partial charge < -0.3 is 14.4 Å². The molecule has 5 nitrogen and oxygen atoms in total. The van der Waals surface area contributed by atoms with Gasteiger partial charge in [0.25, 0.3) is 0 Å². The average Bonchev–Trinajstić information content (AvgIpc) is 3.18. The van der Waals surface area contributed by atoms with Crippen LogP contribution in [0.15, 0.2) is 65.8 Å². The van der Waals surface area contributed by atoms with Crippen molar-refractivity contribution in [2.75, 3.05) is 14.1 Å². The van der Waals surface area contributed by atoms with E-state index in [2.05, 4.69) is 39.8 Å². The van der Waals surface area contributed by atoms with Gasteiger partial charge in [-0.25, -0.2) is 9.98 Å². The summed E-state index contributed by atoms with van der Waals surface area (Å²) in [6, 6.07) is 15.3. The molecule has 0 spiro atoms. The van der Waals surface area contributed by atoms with Crippen molar-refractivity contribution in [1.29, 1.82) is 0 Å². The van der Waals surface area contributed by atoms with Gasteiger partial charge in [0.05, 0.1) is 5.69 Å². The molecule has 1 aromatic heterocycles. The third kappa shape index (κ3) is 5.83. The number of hydrogen-bond donors (Lipinski definition) is 0. The SMILES string of the molecule is CC(Cc1ccc2c(c1)CC(N(C)C)=N2)c1ccc(Oc2ccc(OC(F)(F)F)cc2)nc1. The first kappa shape index (κ1) is 22.6. The van der Waals surface area contributed by atoms with Crippen molar-refractivity contribution in [1.82, 2.24) is 9.88 Å². The lowest BCUT2D eigenvalue weighted by Gasteiger charge is -2.14. The van der Waals surface area contributed by atoms with Gasteiger partial charge in [0.1, 0.15) is 17.3 Å². The number of nitrogens with zero attached hydrogens (tertiary/aromatic N) is 3. The van der Waals surface area contributed by atoms with Crippen molar-refractivity contribution >= 4 is 11.5 Å². The Hall–Kier alpha value is -3.55. The van der Waals surface area contributed by atoms with Gasteiger partial charge in [-0.3, -0.25) is 0 Å². The number of benzene rings is 2. The molecule has 1 aliphatic heterocycles. The summed E-state index contributed by atoms with van der Waals surface area (Å²) in [5.74, 6) is 1.75. The Bertz CT molecular complexity index is 1140. The first-order valence-corrected chi connectivity index (χ1v) is 10.5. The van der Waals surface area contributed by atoms with E-state index in [9.17, 15) is 13.2 Å². The maximum Gasteiger partial charge on any atom is 0.573 e. The normalized spacial score (nSPS) is 13.8. The Kier molecular flexibility index (Phi) is 6.26. The first-order chi connectivity index (χ1) is 15.7. The highest BCUT2D eigenvalue weighted by molar-refractivity contribution is 5.92. The molecular formula is C25H24F3N3O2. The van der Waals surface area contributed by atoms with Crippen LogP contribution in [-0.4, -0.2) is 36.2 Å². The van der Waals surface area contributed by atoms with Crippen LogP contribution in [0.4, 0.5) is 18.9 Å². The fraction of sp³-hybridized carbons (Fsp3) is 0.280. The molecule has 3 aromatic rings. The summed E-state index contributed by atoms with van der Waals surface area (Å²) in [6.45, 7) is 2.14. The Balaban J connectivity index is 1.35. The van der Waals surface area contributed by atoms with Gasteiger partial charge in [-0.1, -0.05) is 25.1 Å². The number of fused-ring (bicyclic) bond motifs is 1. The van der Waals surface area contributed by atoms with E-state index in [1.54, 1.807) is 12.3 Å². The van der Waals surface area contributed by atoms with Crippen molar-refractivity contribution in [3.05, 3.63) is 77.5 Å². The number of halogens is 3. The zero-order valence-electron chi connectivity index (χ0n) is 18.6. The van der Waals surface area contributed by atoms with E-state index >= 15 is 0 Å². The maximum absolute atomic E-state index is 12.3. The predicted molar refractivity (Wildman–Crippen MR) is 120 cm³/mol. The summed E-state index contributed by atoms with van der Waals surface area (Å²) < 4.78 is 46.3. The summed E-state index contributed by atoms with van der Waals surface area (Å²) in [5.41, 5.74) is 4.60. The van der Waals surface area contributed by atoms with Crippen molar-refractivity contribution < 1.29 is 22.6 Å². The highest BCUT2D eigenvalue weighted by Crippen LogP contribution is 2.31. The van der Waals surface area contributed by atoms with Crippen LogP contribution in [0.2, 0.25) is 0 Å². The summed E-state index contributed by atoms with van der Waals surface area (Å²) >= 11 is 0. The van der Waals surface area contributed by atoms with E-state index in [4.69, 9.17) is 4.74 Å². The molecule has 0 saturated heterocycles. The van der Waals surface area contributed by atoms with Crippen LogP contribution in [0.1, 0.15) is 29.5 Å². The molecule has 1 aliphatic rings. The molecule has 0 N–H and O–H groups in total. The van der Waals surface area contributed by atoms with Crippen LogP contribution >= 0.6 is 0 Å². The molecule has 8 heteroatoms. The molecule has 0 fully saturated rings. The van der Waals surface area contributed by atoms with Gasteiger partial charge in [-0.2, -0.15) is 0 Å². The Morgan fingerprint density at radius 1 is 1.00 bits per heavy atom. The van der Waals surface area contributed by atoms with Gasteiger partial charge >= 0.3 is 6.36 Å². The van der Waals surface area contributed by atoms with Gasteiger partial charge in [0, 0.05) is 32.8 Å². The summed E-state index contributed by atoms with van der Waals surface area (Å²) in [5, 5.41) is 0. The number of ether oxygens (including phenoxy) is 2. The third-order valence-electron chi connectivity index (χ3n) is 5.41. The van der Waals surface area contributed by atoms with E-state index in [0.29, 0.717) is 11.6 Å². The standard InChI is InChI=1S/C25H24F3N3O2/c1-16(12-17-4-10-22-19(13-17)14-23(30-22)31(2)3)18-5-11-24(29-15-18)32-20-6-8-21(9-7-20)33-25(26,27)28/h4-11,13,15-16H,12,14H2,1-3H3. The zero-order valence-corrected chi connectivity index (χ0v) is 18.6. The third-order valence-corrected chi connectivity index (χ3v) is 5.41. The van der Waals surface area contributed by atoms with E-state index in [1.807, 2.05) is 25.1 Å². The highest BCUT2D eigenvalue weighted by Gasteiger charge is 2.31. The number of aromatic nitrogens is 1. The summed E-state index contributed by atoms with van der Waals surface area (Å²) in [6.07, 6.45) is -1.24. The predicted octanol–water partition coefficient (Wildman–Crippen LogP) is 6.27. The number of pyridine rings is 1. The van der Waals surface area contributed by atoms with Crippen LogP contribution in [0.3, 0.4) is 0 Å². The minimum absolute atomic E-state index is 0.249. The molecule has 0 amide bonds. The molecule has 0 radical (unpaired) electrons. The second kappa shape index (κ2) is 9.13. The first-order valence-electron chi connectivity index (χ1n) is 10.5. The number of alkyl halides is 3. The summed E-state index contributed by atoms with van der Waals surface area (Å²) in [7, 11) is 4.01. The number of hydrogen-bond acceptors (Lipinski definition) is 5.